The molecular weight excluding hydrogens is 345 g/mol. The minimum atomic E-state index is 1.06. The summed E-state index contributed by atoms with van der Waals surface area (Å²) in [4.78, 5) is 4.62. The Kier molecular flexibility index (Phi) is 2.45. The highest BCUT2D eigenvalue weighted by Gasteiger charge is 2.05. The highest BCUT2D eigenvalue weighted by atomic mass is 127. The van der Waals surface area contributed by atoms with Crippen molar-refractivity contribution in [3.05, 3.63) is 64.4 Å². The third kappa shape index (κ3) is 1.70. The number of fused-ring (bicyclic) bond motifs is 5. The Bertz CT molecular complexity index is 928. The molecule has 0 N–H and O–H groups in total. The van der Waals surface area contributed by atoms with Gasteiger partial charge in [-0.1, -0.05) is 42.5 Å². The first kappa shape index (κ1) is 11.2. The molecule has 0 spiro atoms. The molecule has 0 atom stereocenters. The summed E-state index contributed by atoms with van der Waals surface area (Å²) in [5.41, 5.74) is 1.06. The summed E-state index contributed by atoms with van der Waals surface area (Å²) >= 11 is 2.33. The zero-order valence-electron chi connectivity index (χ0n) is 10.1. The lowest BCUT2D eigenvalue weighted by atomic mass is 10.0. The van der Waals surface area contributed by atoms with Crippen LogP contribution in [0.3, 0.4) is 0 Å². The maximum atomic E-state index is 4.62. The van der Waals surface area contributed by atoms with Gasteiger partial charge < -0.3 is 0 Å². The molecule has 0 bridgehead atoms. The van der Waals surface area contributed by atoms with E-state index in [0.29, 0.717) is 0 Å². The number of hydrogen-bond donors (Lipinski definition) is 0. The van der Waals surface area contributed by atoms with Crippen molar-refractivity contribution in [2.75, 3.05) is 0 Å². The quantitative estimate of drug-likeness (QED) is 0.314. The van der Waals surface area contributed by atoms with Gasteiger partial charge in [-0.15, -0.1) is 0 Å². The van der Waals surface area contributed by atoms with Crippen molar-refractivity contribution >= 4 is 55.0 Å². The van der Waals surface area contributed by atoms with Crippen LogP contribution in [0.2, 0.25) is 0 Å². The Balaban J connectivity index is 2.26. The van der Waals surface area contributed by atoms with Crippen LogP contribution in [0.5, 0.6) is 0 Å². The normalized spacial score (nSPS) is 11.4. The van der Waals surface area contributed by atoms with Crippen LogP contribution in [0.25, 0.3) is 32.4 Å². The van der Waals surface area contributed by atoms with Crippen molar-refractivity contribution in [2.45, 2.75) is 0 Å². The van der Waals surface area contributed by atoms with Gasteiger partial charge in [-0.2, -0.15) is 0 Å². The van der Waals surface area contributed by atoms with Crippen LogP contribution in [-0.4, -0.2) is 4.98 Å². The average Bonchev–Trinajstić information content (AvgIpc) is 2.46. The molecule has 0 aliphatic carbocycles. The van der Waals surface area contributed by atoms with E-state index in [1.54, 1.807) is 0 Å². The Hall–Kier alpha value is -1.68. The molecular formula is C17H10IN. The lowest BCUT2D eigenvalue weighted by molar-refractivity contribution is 1.44. The average molecular weight is 355 g/mol. The Morgan fingerprint density at radius 2 is 1.58 bits per heavy atom. The number of benzene rings is 3. The molecule has 0 unspecified atom stereocenters. The summed E-state index contributed by atoms with van der Waals surface area (Å²) in [5.74, 6) is 0. The van der Waals surface area contributed by atoms with Gasteiger partial charge in [-0.25, -0.2) is 0 Å². The van der Waals surface area contributed by atoms with Gasteiger partial charge >= 0.3 is 0 Å². The third-order valence-electron chi connectivity index (χ3n) is 3.55. The summed E-state index contributed by atoms with van der Waals surface area (Å²) in [6, 6.07) is 19.3. The summed E-state index contributed by atoms with van der Waals surface area (Å²) in [7, 11) is 0. The number of hydrogen-bond acceptors (Lipinski definition) is 1. The van der Waals surface area contributed by atoms with Gasteiger partial charge in [0.25, 0.3) is 0 Å². The van der Waals surface area contributed by atoms with Crippen molar-refractivity contribution in [3.8, 4) is 0 Å². The van der Waals surface area contributed by atoms with Crippen LogP contribution in [0, 0.1) is 3.57 Å². The molecule has 1 nitrogen and oxygen atoms in total. The SMILES string of the molecule is Ic1ccc2c(c1)ncc1c3ccccc3ccc21. The summed E-state index contributed by atoms with van der Waals surface area (Å²) in [6.07, 6.45) is 2.00. The van der Waals surface area contributed by atoms with Gasteiger partial charge in [-0.05, 0) is 50.9 Å². The molecule has 1 aromatic heterocycles. The molecule has 1 heterocycles. The molecule has 0 fully saturated rings. The van der Waals surface area contributed by atoms with E-state index < -0.39 is 0 Å². The largest absolute Gasteiger partial charge is 0.256 e. The molecule has 4 rings (SSSR count). The summed E-state index contributed by atoms with van der Waals surface area (Å²) in [5, 5.41) is 6.27. The molecule has 2 heteroatoms. The zero-order chi connectivity index (χ0) is 12.8. The lowest BCUT2D eigenvalue weighted by Gasteiger charge is -2.07. The predicted octanol–water partition coefficient (Wildman–Crippen LogP) is 5.15. The molecule has 3 aromatic carbocycles. The van der Waals surface area contributed by atoms with Crippen molar-refractivity contribution in [2.24, 2.45) is 0 Å². The Morgan fingerprint density at radius 1 is 0.737 bits per heavy atom. The van der Waals surface area contributed by atoms with Crippen LogP contribution < -0.4 is 0 Å². The zero-order valence-corrected chi connectivity index (χ0v) is 12.3. The highest BCUT2D eigenvalue weighted by molar-refractivity contribution is 14.1. The number of pyridine rings is 1. The lowest BCUT2D eigenvalue weighted by Crippen LogP contribution is -1.84. The third-order valence-corrected chi connectivity index (χ3v) is 4.22. The van der Waals surface area contributed by atoms with E-state index >= 15 is 0 Å². The standard InChI is InChI=1S/C17H10IN/c18-12-6-8-15-14-7-5-11-3-1-2-4-13(11)16(14)10-19-17(15)9-12/h1-10H. The molecule has 90 valence electrons. The second kappa shape index (κ2) is 4.17. The molecule has 0 radical (unpaired) electrons. The molecule has 4 aromatic rings. The van der Waals surface area contributed by atoms with E-state index in [9.17, 15) is 0 Å². The fourth-order valence-electron chi connectivity index (χ4n) is 2.64. The minimum absolute atomic E-state index is 1.06. The van der Waals surface area contributed by atoms with E-state index in [1.165, 1.54) is 30.5 Å². The first-order valence-corrected chi connectivity index (χ1v) is 7.26. The maximum absolute atomic E-state index is 4.62. The van der Waals surface area contributed by atoms with Crippen LogP contribution >= 0.6 is 22.6 Å². The minimum Gasteiger partial charge on any atom is -0.256 e. The highest BCUT2D eigenvalue weighted by Crippen LogP contribution is 2.30. The van der Waals surface area contributed by atoms with Gasteiger partial charge in [0, 0.05) is 20.5 Å². The smallest absolute Gasteiger partial charge is 0.0718 e. The summed E-state index contributed by atoms with van der Waals surface area (Å²) < 4.78 is 1.22. The number of aromatic nitrogens is 1. The van der Waals surface area contributed by atoms with E-state index in [2.05, 4.69) is 82.2 Å². The van der Waals surface area contributed by atoms with Crippen molar-refractivity contribution in [1.82, 2.24) is 4.98 Å². The van der Waals surface area contributed by atoms with Gasteiger partial charge in [0.1, 0.15) is 0 Å². The predicted molar refractivity (Wildman–Crippen MR) is 89.5 cm³/mol. The van der Waals surface area contributed by atoms with E-state index in [4.69, 9.17) is 0 Å². The molecule has 0 saturated carbocycles. The van der Waals surface area contributed by atoms with Crippen LogP contribution in [0.4, 0.5) is 0 Å². The van der Waals surface area contributed by atoms with Crippen molar-refractivity contribution in [1.29, 1.82) is 0 Å². The van der Waals surface area contributed by atoms with Crippen LogP contribution in [0.1, 0.15) is 0 Å². The molecule has 0 saturated heterocycles. The van der Waals surface area contributed by atoms with E-state index in [0.717, 1.165) is 5.52 Å². The number of rotatable bonds is 0. The topological polar surface area (TPSA) is 12.9 Å². The fourth-order valence-corrected chi connectivity index (χ4v) is 3.12. The Morgan fingerprint density at radius 3 is 2.53 bits per heavy atom. The maximum Gasteiger partial charge on any atom is 0.0718 e. The van der Waals surface area contributed by atoms with Gasteiger partial charge in [0.15, 0.2) is 0 Å². The molecule has 0 amide bonds. The second-order valence-electron chi connectivity index (χ2n) is 4.67. The van der Waals surface area contributed by atoms with Gasteiger partial charge in [0.05, 0.1) is 5.52 Å². The Labute approximate surface area is 124 Å². The second-order valence-corrected chi connectivity index (χ2v) is 5.91. The van der Waals surface area contributed by atoms with Gasteiger partial charge in [-0.3, -0.25) is 4.98 Å². The van der Waals surface area contributed by atoms with Gasteiger partial charge in [0.2, 0.25) is 0 Å². The molecule has 19 heavy (non-hydrogen) atoms. The van der Waals surface area contributed by atoms with Crippen molar-refractivity contribution in [3.63, 3.8) is 0 Å². The van der Waals surface area contributed by atoms with E-state index in [-0.39, 0.29) is 0 Å². The van der Waals surface area contributed by atoms with Crippen LogP contribution in [0.15, 0.2) is 60.8 Å². The van der Waals surface area contributed by atoms with Crippen LogP contribution in [-0.2, 0) is 0 Å². The van der Waals surface area contributed by atoms with E-state index in [1.807, 2.05) is 6.20 Å². The van der Waals surface area contributed by atoms with Crippen molar-refractivity contribution < 1.29 is 0 Å². The first-order chi connectivity index (χ1) is 9.33. The monoisotopic (exact) mass is 355 g/mol. The molecule has 0 aliphatic heterocycles. The number of nitrogens with zero attached hydrogens (tertiary/aromatic N) is 1. The number of halogens is 1. The fraction of sp³-hybridized carbons (Fsp3) is 0. The summed E-state index contributed by atoms with van der Waals surface area (Å²) in [6.45, 7) is 0. The molecule has 0 aliphatic rings. The first-order valence-electron chi connectivity index (χ1n) is 6.19.